The Hall–Kier alpha value is -2.95. The van der Waals surface area contributed by atoms with E-state index in [0.717, 1.165) is 18.4 Å². The Labute approximate surface area is 159 Å². The molecule has 142 valence electrons. The summed E-state index contributed by atoms with van der Waals surface area (Å²) >= 11 is 0. The van der Waals surface area contributed by atoms with Crippen molar-refractivity contribution >= 4 is 18.0 Å². The van der Waals surface area contributed by atoms with E-state index in [1.165, 1.54) is 19.2 Å². The van der Waals surface area contributed by atoms with Crippen LogP contribution in [0.4, 0.5) is 9.18 Å². The van der Waals surface area contributed by atoms with Crippen LogP contribution >= 0.6 is 0 Å². The number of hydrogen-bond donors (Lipinski definition) is 1. The third-order valence-corrected chi connectivity index (χ3v) is 4.16. The number of nitrogens with one attached hydrogen (secondary N) is 1. The van der Waals surface area contributed by atoms with Crippen molar-refractivity contribution in [2.24, 2.45) is 0 Å². The first kappa shape index (κ1) is 20.4. The second-order valence-corrected chi connectivity index (χ2v) is 6.16. The summed E-state index contributed by atoms with van der Waals surface area (Å²) in [7, 11) is 1.28. The van der Waals surface area contributed by atoms with Crippen LogP contribution in [0.15, 0.2) is 60.2 Å². The van der Waals surface area contributed by atoms with Gasteiger partial charge < -0.3 is 10.1 Å². The van der Waals surface area contributed by atoms with E-state index in [1.54, 1.807) is 18.2 Å². The van der Waals surface area contributed by atoms with Crippen molar-refractivity contribution in [3.05, 3.63) is 77.1 Å². The monoisotopic (exact) mass is 369 g/mol. The number of alkyl carbamates (subject to hydrolysis) is 1. The molecule has 0 radical (unpaired) electrons. The minimum atomic E-state index is -0.659. The van der Waals surface area contributed by atoms with Crippen LogP contribution in [0.25, 0.3) is 6.08 Å². The number of unbranched alkanes of at least 4 members (excludes halogenated alkanes) is 1. The molecule has 0 heterocycles. The minimum Gasteiger partial charge on any atom is -0.453 e. The first-order valence-electron chi connectivity index (χ1n) is 8.95. The van der Waals surface area contributed by atoms with Crippen LogP contribution in [-0.2, 0) is 9.53 Å². The number of benzene rings is 2. The molecule has 0 spiro atoms. The Morgan fingerprint density at radius 3 is 2.37 bits per heavy atom. The number of Topliss-reactive ketones (excluding diaryl/α,β-unsaturated/α-hetero) is 1. The molecule has 1 N–H and O–H groups in total. The van der Waals surface area contributed by atoms with Crippen LogP contribution in [0.5, 0.6) is 0 Å². The fourth-order valence-electron chi connectivity index (χ4n) is 2.71. The molecule has 2 rings (SSSR count). The van der Waals surface area contributed by atoms with Crippen LogP contribution in [0, 0.1) is 5.82 Å². The lowest BCUT2D eigenvalue weighted by Crippen LogP contribution is -2.31. The number of amides is 1. The van der Waals surface area contributed by atoms with E-state index in [1.807, 2.05) is 37.3 Å². The third-order valence-electron chi connectivity index (χ3n) is 4.16. The molecule has 1 amide bonds. The standard InChI is InChI=1S/C22H24FNO3/c1-3-4-10-20(25)19(15-16-11-13-18(23)14-12-16)21(24-22(26)27-2)17-8-6-5-7-9-17/h5-9,11-15,21H,3-4,10H2,1-2H3,(H,24,26)/b19-15-. The van der Waals surface area contributed by atoms with Gasteiger partial charge >= 0.3 is 6.09 Å². The molecule has 2 aromatic carbocycles. The smallest absolute Gasteiger partial charge is 0.407 e. The molecule has 27 heavy (non-hydrogen) atoms. The van der Waals surface area contributed by atoms with Crippen molar-refractivity contribution in [2.45, 2.75) is 32.2 Å². The van der Waals surface area contributed by atoms with Crippen LogP contribution in [-0.4, -0.2) is 19.0 Å². The molecule has 1 unspecified atom stereocenters. The quantitative estimate of drug-likeness (QED) is 0.661. The summed E-state index contributed by atoms with van der Waals surface area (Å²) < 4.78 is 18.0. The molecular weight excluding hydrogens is 345 g/mol. The highest BCUT2D eigenvalue weighted by atomic mass is 19.1. The van der Waals surface area contributed by atoms with Gasteiger partial charge in [-0.1, -0.05) is 55.8 Å². The van der Waals surface area contributed by atoms with Crippen molar-refractivity contribution in [3.8, 4) is 0 Å². The van der Waals surface area contributed by atoms with E-state index in [9.17, 15) is 14.0 Å². The van der Waals surface area contributed by atoms with Gasteiger partial charge in [-0.2, -0.15) is 0 Å². The van der Waals surface area contributed by atoms with Crippen LogP contribution in [0.2, 0.25) is 0 Å². The number of ketones is 1. The number of carbonyl (C=O) groups is 2. The molecule has 4 nitrogen and oxygen atoms in total. The summed E-state index contributed by atoms with van der Waals surface area (Å²) in [6.45, 7) is 2.01. The van der Waals surface area contributed by atoms with Crippen LogP contribution < -0.4 is 5.32 Å². The van der Waals surface area contributed by atoms with Crippen molar-refractivity contribution < 1.29 is 18.7 Å². The van der Waals surface area contributed by atoms with Gasteiger partial charge in [-0.3, -0.25) is 4.79 Å². The normalized spacial score (nSPS) is 12.3. The fraction of sp³-hybridized carbons (Fsp3) is 0.273. The molecule has 1 atom stereocenters. The molecular formula is C22H24FNO3. The summed E-state index contributed by atoms with van der Waals surface area (Å²) in [6, 6.07) is 14.4. The average molecular weight is 369 g/mol. The molecule has 0 aliphatic carbocycles. The summed E-state index contributed by atoms with van der Waals surface area (Å²) in [4.78, 5) is 24.8. The van der Waals surface area contributed by atoms with Gasteiger partial charge in [0.05, 0.1) is 13.2 Å². The summed E-state index contributed by atoms with van der Waals surface area (Å²) in [5.41, 5.74) is 1.89. The Kier molecular flexibility index (Phi) is 7.74. The van der Waals surface area contributed by atoms with Gasteiger partial charge in [-0.05, 0) is 35.8 Å². The molecule has 0 aliphatic rings. The molecule has 0 bridgehead atoms. The minimum absolute atomic E-state index is 0.0635. The van der Waals surface area contributed by atoms with Gasteiger partial charge in [0.15, 0.2) is 5.78 Å². The van der Waals surface area contributed by atoms with E-state index in [-0.39, 0.29) is 11.6 Å². The molecule has 5 heteroatoms. The zero-order chi connectivity index (χ0) is 19.6. The SMILES string of the molecule is CCCCC(=O)/C(=C/c1ccc(F)cc1)C(NC(=O)OC)c1ccccc1. The molecule has 2 aromatic rings. The lowest BCUT2D eigenvalue weighted by Gasteiger charge is -2.21. The maximum atomic E-state index is 13.2. The number of methoxy groups -OCH3 is 1. The average Bonchev–Trinajstić information content (AvgIpc) is 2.70. The number of rotatable bonds is 8. The van der Waals surface area contributed by atoms with Gasteiger partial charge in [0.2, 0.25) is 0 Å². The van der Waals surface area contributed by atoms with Crippen LogP contribution in [0.3, 0.4) is 0 Å². The first-order chi connectivity index (χ1) is 13.0. The predicted molar refractivity (Wildman–Crippen MR) is 104 cm³/mol. The fourth-order valence-corrected chi connectivity index (χ4v) is 2.71. The number of halogens is 1. The van der Waals surface area contributed by atoms with E-state index in [4.69, 9.17) is 4.74 Å². The summed E-state index contributed by atoms with van der Waals surface area (Å²) in [6.07, 6.45) is 3.08. The molecule has 0 saturated heterocycles. The lowest BCUT2D eigenvalue weighted by atomic mass is 9.91. The van der Waals surface area contributed by atoms with Crippen molar-refractivity contribution in [1.29, 1.82) is 0 Å². The molecule has 0 aromatic heterocycles. The summed E-state index contributed by atoms with van der Waals surface area (Å²) in [5, 5.41) is 2.75. The predicted octanol–water partition coefficient (Wildman–Crippen LogP) is 5.07. The van der Waals surface area contributed by atoms with Gasteiger partial charge in [0, 0.05) is 12.0 Å². The second kappa shape index (κ2) is 10.3. The molecule has 0 aliphatic heterocycles. The van der Waals surface area contributed by atoms with Crippen LogP contribution in [0.1, 0.15) is 43.4 Å². The number of hydrogen-bond acceptors (Lipinski definition) is 3. The van der Waals surface area contributed by atoms with Gasteiger partial charge in [-0.25, -0.2) is 9.18 Å². The maximum Gasteiger partial charge on any atom is 0.407 e. The van der Waals surface area contributed by atoms with E-state index in [2.05, 4.69) is 5.32 Å². The second-order valence-electron chi connectivity index (χ2n) is 6.16. The topological polar surface area (TPSA) is 55.4 Å². The summed E-state index contributed by atoms with van der Waals surface area (Å²) in [5.74, 6) is -0.412. The Bertz CT molecular complexity index is 785. The molecule has 0 saturated carbocycles. The van der Waals surface area contributed by atoms with Gasteiger partial charge in [0.25, 0.3) is 0 Å². The largest absolute Gasteiger partial charge is 0.453 e. The Morgan fingerprint density at radius 2 is 1.78 bits per heavy atom. The number of ether oxygens (including phenoxy) is 1. The van der Waals surface area contributed by atoms with Gasteiger partial charge in [-0.15, -0.1) is 0 Å². The van der Waals surface area contributed by atoms with Crippen molar-refractivity contribution in [3.63, 3.8) is 0 Å². The molecule has 0 fully saturated rings. The van der Waals surface area contributed by atoms with Gasteiger partial charge in [0.1, 0.15) is 5.82 Å². The van der Waals surface area contributed by atoms with Crippen molar-refractivity contribution in [2.75, 3.05) is 7.11 Å². The maximum absolute atomic E-state index is 13.2. The van der Waals surface area contributed by atoms with E-state index < -0.39 is 12.1 Å². The highest BCUT2D eigenvalue weighted by Gasteiger charge is 2.24. The highest BCUT2D eigenvalue weighted by Crippen LogP contribution is 2.26. The van der Waals surface area contributed by atoms with E-state index in [0.29, 0.717) is 17.6 Å². The van der Waals surface area contributed by atoms with Crippen molar-refractivity contribution in [1.82, 2.24) is 5.32 Å². The zero-order valence-electron chi connectivity index (χ0n) is 15.6. The lowest BCUT2D eigenvalue weighted by molar-refractivity contribution is -0.115. The Balaban J connectivity index is 2.49. The number of carbonyl (C=O) groups excluding carboxylic acids is 2. The van der Waals surface area contributed by atoms with E-state index >= 15 is 0 Å². The Morgan fingerprint density at radius 1 is 1.11 bits per heavy atom. The highest BCUT2D eigenvalue weighted by molar-refractivity contribution is 6.01. The zero-order valence-corrected chi connectivity index (χ0v) is 15.6. The third kappa shape index (κ3) is 6.06. The first-order valence-corrected chi connectivity index (χ1v) is 8.95.